The van der Waals surface area contributed by atoms with Gasteiger partial charge in [-0.25, -0.2) is 0 Å². The van der Waals surface area contributed by atoms with Crippen molar-refractivity contribution in [3.63, 3.8) is 0 Å². The molecule has 0 spiro atoms. The number of alkyl halides is 1. The summed E-state index contributed by atoms with van der Waals surface area (Å²) in [5, 5.41) is 1.14. The summed E-state index contributed by atoms with van der Waals surface area (Å²) >= 11 is 5.45. The van der Waals surface area contributed by atoms with Crippen LogP contribution >= 0.6 is 27.7 Å². The molecule has 0 N–H and O–H groups in total. The Morgan fingerprint density at radius 3 is 1.73 bits per heavy atom. The second-order valence-electron chi connectivity index (χ2n) is 5.69. The minimum absolute atomic E-state index is 0.267. The molecule has 3 rings (SSSR count). The highest BCUT2D eigenvalue weighted by molar-refractivity contribution is 9.09. The molecule has 2 aromatic carbocycles. The van der Waals surface area contributed by atoms with Crippen molar-refractivity contribution < 1.29 is 17.3 Å². The van der Waals surface area contributed by atoms with Crippen LogP contribution in [-0.4, -0.2) is 18.3 Å². The number of halogens is 5. The summed E-state index contributed by atoms with van der Waals surface area (Å²) in [4.78, 5) is 6.03. The molecule has 0 atom stereocenters. The van der Waals surface area contributed by atoms with Crippen molar-refractivity contribution in [2.45, 2.75) is 45.3 Å². The maximum atomic E-state index is 9.75. The molecule has 0 fully saturated rings. The monoisotopic (exact) mass is 466 g/mol. The third-order valence-corrected chi connectivity index (χ3v) is 8.12. The van der Waals surface area contributed by atoms with E-state index in [0.29, 0.717) is 0 Å². The van der Waals surface area contributed by atoms with Gasteiger partial charge in [-0.05, 0) is 43.5 Å². The fourth-order valence-corrected chi connectivity index (χ4v) is 7.02. The Bertz CT molecular complexity index is 645. The summed E-state index contributed by atoms with van der Waals surface area (Å²) in [7, 11) is -5.73. The third-order valence-electron chi connectivity index (χ3n) is 3.68. The highest BCUT2D eigenvalue weighted by Gasteiger charge is 2.34. The van der Waals surface area contributed by atoms with Gasteiger partial charge in [0.05, 0.1) is 20.7 Å². The van der Waals surface area contributed by atoms with Gasteiger partial charge in [-0.15, -0.1) is 0 Å². The minimum Gasteiger partial charge on any atom is -0.418 e. The molecular weight excluding hydrogens is 447 g/mol. The van der Waals surface area contributed by atoms with E-state index in [-0.39, 0.29) is 10.9 Å². The molecular formula is C18H20BBrF4S2. The minimum atomic E-state index is -6.00. The molecule has 0 aromatic heterocycles. The number of hydrogen-bond acceptors (Lipinski definition) is 1. The topological polar surface area (TPSA) is 0 Å². The van der Waals surface area contributed by atoms with Crippen molar-refractivity contribution in [2.24, 2.45) is 0 Å². The second kappa shape index (κ2) is 10.7. The highest BCUT2D eigenvalue weighted by atomic mass is 79.9. The fraction of sp³-hybridized carbons (Fsp3) is 0.333. The zero-order chi connectivity index (χ0) is 19.0. The van der Waals surface area contributed by atoms with Crippen LogP contribution in [0, 0.1) is 0 Å². The van der Waals surface area contributed by atoms with Crippen LogP contribution in [0.25, 0.3) is 0 Å². The molecule has 0 saturated heterocycles. The number of hydrogen-bond donors (Lipinski definition) is 0. The number of rotatable bonds is 6. The average Bonchev–Trinajstić information content (AvgIpc) is 2.59. The van der Waals surface area contributed by atoms with Crippen LogP contribution in [0.2, 0.25) is 0 Å². The van der Waals surface area contributed by atoms with E-state index >= 15 is 0 Å². The summed E-state index contributed by atoms with van der Waals surface area (Å²) in [6, 6.07) is 17.9. The summed E-state index contributed by atoms with van der Waals surface area (Å²) in [6.07, 6.45) is 5.34. The van der Waals surface area contributed by atoms with Crippen LogP contribution in [0.3, 0.4) is 0 Å². The maximum absolute atomic E-state index is 9.75. The van der Waals surface area contributed by atoms with Gasteiger partial charge in [0, 0.05) is 5.33 Å². The molecule has 0 amide bonds. The molecule has 0 saturated carbocycles. The van der Waals surface area contributed by atoms with Crippen LogP contribution in [-0.2, 0) is 10.9 Å². The first-order valence-corrected chi connectivity index (χ1v) is 11.7. The molecule has 26 heavy (non-hydrogen) atoms. The maximum Gasteiger partial charge on any atom is 0.673 e. The summed E-state index contributed by atoms with van der Waals surface area (Å²) in [6.45, 7) is 0. The molecule has 0 unspecified atom stereocenters. The lowest BCUT2D eigenvalue weighted by Crippen LogP contribution is -2.14. The van der Waals surface area contributed by atoms with Crippen molar-refractivity contribution in [2.75, 3.05) is 11.1 Å². The van der Waals surface area contributed by atoms with Gasteiger partial charge in [0.15, 0.2) is 9.79 Å². The Morgan fingerprint density at radius 1 is 0.769 bits per heavy atom. The zero-order valence-corrected chi connectivity index (χ0v) is 17.4. The highest BCUT2D eigenvalue weighted by Crippen LogP contribution is 2.45. The predicted molar refractivity (Wildman–Crippen MR) is 108 cm³/mol. The summed E-state index contributed by atoms with van der Waals surface area (Å²) in [5.74, 6) is 1.30. The molecule has 0 aliphatic carbocycles. The Morgan fingerprint density at radius 2 is 1.23 bits per heavy atom. The normalized spacial score (nSPS) is 13.4. The van der Waals surface area contributed by atoms with Crippen molar-refractivity contribution in [1.82, 2.24) is 0 Å². The average molecular weight is 467 g/mol. The molecule has 1 heterocycles. The lowest BCUT2D eigenvalue weighted by molar-refractivity contribution is 0.368. The van der Waals surface area contributed by atoms with Gasteiger partial charge in [-0.1, -0.05) is 58.4 Å². The first-order valence-electron chi connectivity index (χ1n) is 8.40. The van der Waals surface area contributed by atoms with Gasteiger partial charge < -0.3 is 17.3 Å². The van der Waals surface area contributed by atoms with Crippen LogP contribution < -0.4 is 0 Å². The van der Waals surface area contributed by atoms with E-state index in [2.05, 4.69) is 64.5 Å². The van der Waals surface area contributed by atoms with Crippen LogP contribution in [0.1, 0.15) is 25.7 Å². The molecule has 0 bridgehead atoms. The van der Waals surface area contributed by atoms with Gasteiger partial charge in [-0.2, -0.15) is 0 Å². The molecule has 2 aromatic rings. The quantitative estimate of drug-likeness (QED) is 0.140. The number of benzene rings is 2. The second-order valence-corrected chi connectivity index (χ2v) is 9.63. The smallest absolute Gasteiger partial charge is 0.418 e. The van der Waals surface area contributed by atoms with Crippen molar-refractivity contribution in [3.8, 4) is 0 Å². The van der Waals surface area contributed by atoms with E-state index in [1.165, 1.54) is 41.2 Å². The summed E-state index contributed by atoms with van der Waals surface area (Å²) < 4.78 is 39.0. The van der Waals surface area contributed by atoms with Crippen LogP contribution in [0.4, 0.5) is 17.3 Å². The van der Waals surface area contributed by atoms with Crippen LogP contribution in [0.5, 0.6) is 0 Å². The Labute approximate surface area is 167 Å². The predicted octanol–water partition coefficient (Wildman–Crippen LogP) is 7.44. The van der Waals surface area contributed by atoms with Gasteiger partial charge in [-0.3, -0.25) is 0 Å². The first kappa shape index (κ1) is 21.7. The third kappa shape index (κ3) is 7.20. The lowest BCUT2D eigenvalue weighted by Gasteiger charge is -2.19. The SMILES string of the molecule is BrCCCCCC[S+]1c2ccccc2Sc2ccccc21.F[B-](F)(F)F. The van der Waals surface area contributed by atoms with E-state index < -0.39 is 7.25 Å². The molecule has 8 heteroatoms. The van der Waals surface area contributed by atoms with Crippen LogP contribution in [0.15, 0.2) is 68.1 Å². The van der Waals surface area contributed by atoms with Gasteiger partial charge in [0.1, 0.15) is 5.75 Å². The molecule has 0 nitrogen and oxygen atoms in total. The molecule has 0 radical (unpaired) electrons. The van der Waals surface area contributed by atoms with Crippen molar-refractivity contribution in [1.29, 1.82) is 0 Å². The largest absolute Gasteiger partial charge is 0.673 e. The van der Waals surface area contributed by atoms with E-state index in [0.717, 1.165) is 5.33 Å². The number of unbranched alkanes of at least 4 members (excludes halogenated alkanes) is 3. The summed E-state index contributed by atoms with van der Waals surface area (Å²) in [5.41, 5.74) is 0. The Balaban J connectivity index is 0.000000431. The lowest BCUT2D eigenvalue weighted by atomic mass is 10.2. The zero-order valence-electron chi connectivity index (χ0n) is 14.1. The fourth-order valence-electron chi connectivity index (χ4n) is 2.63. The van der Waals surface area contributed by atoms with E-state index in [4.69, 9.17) is 0 Å². The molecule has 142 valence electrons. The first-order chi connectivity index (χ1) is 12.4. The Hall–Kier alpha value is -0.595. The molecule has 1 aliphatic rings. The van der Waals surface area contributed by atoms with Crippen molar-refractivity contribution in [3.05, 3.63) is 48.5 Å². The molecule has 1 aliphatic heterocycles. The Kier molecular flexibility index (Phi) is 8.90. The standard InChI is InChI=1S/C18H20BrS2.BF4/c19-13-7-1-2-8-14-21-17-11-5-3-9-15(17)20-16-10-4-6-12-18(16)21;2-1(3,4)5/h3-6,9-12H,1-2,7-8,13-14H2;/q+1;-1. The van der Waals surface area contributed by atoms with Gasteiger partial charge in [0.25, 0.3) is 0 Å². The van der Waals surface area contributed by atoms with E-state index in [9.17, 15) is 17.3 Å². The number of fused-ring (bicyclic) bond motifs is 2. The van der Waals surface area contributed by atoms with Gasteiger partial charge >= 0.3 is 7.25 Å². The van der Waals surface area contributed by atoms with Crippen molar-refractivity contribution >= 4 is 45.8 Å². The van der Waals surface area contributed by atoms with E-state index in [1.807, 2.05) is 11.8 Å². The van der Waals surface area contributed by atoms with E-state index in [1.54, 1.807) is 9.79 Å². The van der Waals surface area contributed by atoms with Gasteiger partial charge in [0.2, 0.25) is 0 Å².